The fourth-order valence-corrected chi connectivity index (χ4v) is 2.52. The molecule has 2 atom stereocenters. The topological polar surface area (TPSA) is 109 Å². The van der Waals surface area contributed by atoms with Crippen molar-refractivity contribution < 1.29 is 14.7 Å². The van der Waals surface area contributed by atoms with Gasteiger partial charge in [0.1, 0.15) is 0 Å². The Bertz CT molecular complexity index is 494. The number of rotatable bonds is 5. The maximum Gasteiger partial charge on any atom is 0.251 e. The Balaban J connectivity index is 1.91. The third kappa shape index (κ3) is 3.77. The predicted molar refractivity (Wildman–Crippen MR) is 75.9 cm³/mol. The Morgan fingerprint density at radius 3 is 3.05 bits per heavy atom. The van der Waals surface area contributed by atoms with Crippen molar-refractivity contribution in [1.29, 1.82) is 0 Å². The van der Waals surface area contributed by atoms with Gasteiger partial charge in [0.05, 0.1) is 12.6 Å². The van der Waals surface area contributed by atoms with E-state index >= 15 is 0 Å². The van der Waals surface area contributed by atoms with Crippen LogP contribution in [0.15, 0.2) is 24.5 Å². The molecule has 7 nitrogen and oxygen atoms in total. The minimum atomic E-state index is -1.24. The van der Waals surface area contributed by atoms with E-state index in [1.807, 2.05) is 6.07 Å². The number of nitrogens with one attached hydrogen (secondary N) is 1. The van der Waals surface area contributed by atoms with Gasteiger partial charge >= 0.3 is 0 Å². The molecule has 0 bridgehead atoms. The van der Waals surface area contributed by atoms with Crippen LogP contribution < -0.4 is 11.1 Å². The lowest BCUT2D eigenvalue weighted by molar-refractivity contribution is -0.138. The number of hydrogen-bond acceptors (Lipinski definition) is 5. The summed E-state index contributed by atoms with van der Waals surface area (Å²) >= 11 is 0. The molecule has 1 aliphatic heterocycles. The molecule has 4 N–H and O–H groups in total. The zero-order chi connectivity index (χ0) is 15.2. The average molecular weight is 292 g/mol. The monoisotopic (exact) mass is 292 g/mol. The lowest BCUT2D eigenvalue weighted by Gasteiger charge is -2.27. The molecule has 0 radical (unpaired) electrons. The molecular weight excluding hydrogens is 272 g/mol. The summed E-state index contributed by atoms with van der Waals surface area (Å²) in [7, 11) is 0. The van der Waals surface area contributed by atoms with E-state index in [-0.39, 0.29) is 12.5 Å². The maximum absolute atomic E-state index is 12.0. The summed E-state index contributed by atoms with van der Waals surface area (Å²) in [6, 6.07) is 3.12. The zero-order valence-corrected chi connectivity index (χ0v) is 11.7. The molecule has 2 amide bonds. The van der Waals surface area contributed by atoms with Gasteiger partial charge < -0.3 is 21.1 Å². The van der Waals surface area contributed by atoms with E-state index in [0.29, 0.717) is 19.5 Å². The molecule has 0 aliphatic carbocycles. The Hall–Kier alpha value is -1.99. The molecule has 2 rings (SSSR count). The van der Waals surface area contributed by atoms with Gasteiger partial charge in [-0.1, -0.05) is 6.07 Å². The number of pyridine rings is 1. The number of carbonyl (C=O) groups is 2. The third-order valence-corrected chi connectivity index (χ3v) is 3.62. The molecule has 114 valence electrons. The molecule has 1 aromatic rings. The van der Waals surface area contributed by atoms with Crippen LogP contribution in [0.1, 0.15) is 18.4 Å². The highest BCUT2D eigenvalue weighted by atomic mass is 16.3. The van der Waals surface area contributed by atoms with E-state index < -0.39 is 18.1 Å². The van der Waals surface area contributed by atoms with Gasteiger partial charge in [0.15, 0.2) is 6.10 Å². The van der Waals surface area contributed by atoms with Gasteiger partial charge in [-0.05, 0) is 24.5 Å². The van der Waals surface area contributed by atoms with Gasteiger partial charge in [0.2, 0.25) is 5.91 Å². The number of amides is 2. The SMILES string of the molecule is NCC(=O)N1CCCC1C(O)C(=O)NCc1cccnc1. The summed E-state index contributed by atoms with van der Waals surface area (Å²) in [5, 5.41) is 12.8. The molecule has 2 heterocycles. The third-order valence-electron chi connectivity index (χ3n) is 3.62. The van der Waals surface area contributed by atoms with Crippen LogP contribution in [0.4, 0.5) is 0 Å². The van der Waals surface area contributed by atoms with Crippen LogP contribution in [-0.2, 0) is 16.1 Å². The first-order valence-corrected chi connectivity index (χ1v) is 6.97. The number of aromatic nitrogens is 1. The second-order valence-corrected chi connectivity index (χ2v) is 5.02. The van der Waals surface area contributed by atoms with Gasteiger partial charge in [-0.15, -0.1) is 0 Å². The fraction of sp³-hybridized carbons (Fsp3) is 0.500. The highest BCUT2D eigenvalue weighted by molar-refractivity contribution is 5.84. The Kier molecular flexibility index (Phi) is 5.24. The molecule has 1 aliphatic rings. The lowest BCUT2D eigenvalue weighted by Crippen LogP contribution is -2.50. The molecule has 21 heavy (non-hydrogen) atoms. The number of aliphatic hydroxyl groups is 1. The van der Waals surface area contributed by atoms with Gasteiger partial charge in [-0.25, -0.2) is 0 Å². The Labute approximate surface area is 123 Å². The normalized spacial score (nSPS) is 19.3. The highest BCUT2D eigenvalue weighted by Crippen LogP contribution is 2.20. The fourth-order valence-electron chi connectivity index (χ4n) is 2.52. The van der Waals surface area contributed by atoms with Crippen LogP contribution in [0, 0.1) is 0 Å². The summed E-state index contributed by atoms with van der Waals surface area (Å²) in [5.41, 5.74) is 6.19. The van der Waals surface area contributed by atoms with Crippen molar-refractivity contribution in [1.82, 2.24) is 15.2 Å². The van der Waals surface area contributed by atoms with Crippen molar-refractivity contribution in [2.75, 3.05) is 13.1 Å². The Morgan fingerprint density at radius 2 is 2.38 bits per heavy atom. The average Bonchev–Trinajstić information content (AvgIpc) is 3.01. The summed E-state index contributed by atoms with van der Waals surface area (Å²) < 4.78 is 0. The van der Waals surface area contributed by atoms with Crippen molar-refractivity contribution in [3.63, 3.8) is 0 Å². The first-order chi connectivity index (χ1) is 10.1. The lowest BCUT2D eigenvalue weighted by atomic mass is 10.1. The van der Waals surface area contributed by atoms with E-state index in [0.717, 1.165) is 12.0 Å². The molecular formula is C14H20N4O3. The molecule has 0 saturated carbocycles. The molecule has 7 heteroatoms. The van der Waals surface area contributed by atoms with E-state index in [9.17, 15) is 14.7 Å². The largest absolute Gasteiger partial charge is 0.381 e. The van der Waals surface area contributed by atoms with Crippen LogP contribution >= 0.6 is 0 Å². The quantitative estimate of drug-likeness (QED) is 0.645. The highest BCUT2D eigenvalue weighted by Gasteiger charge is 2.36. The van der Waals surface area contributed by atoms with Crippen LogP contribution in [-0.4, -0.2) is 52.0 Å². The van der Waals surface area contributed by atoms with Crippen LogP contribution in [0.3, 0.4) is 0 Å². The Morgan fingerprint density at radius 1 is 1.57 bits per heavy atom. The summed E-state index contributed by atoms with van der Waals surface area (Å²) in [6.45, 7) is 0.718. The van der Waals surface area contributed by atoms with Gasteiger partial charge in [-0.2, -0.15) is 0 Å². The first kappa shape index (κ1) is 15.4. The minimum Gasteiger partial charge on any atom is -0.381 e. The molecule has 0 aromatic carbocycles. The standard InChI is InChI=1S/C14H20N4O3/c15-7-12(19)18-6-2-4-11(18)13(20)14(21)17-9-10-3-1-5-16-8-10/h1,3,5,8,11,13,20H,2,4,6-7,9,15H2,(H,17,21). The van der Waals surface area contributed by atoms with Crippen molar-refractivity contribution >= 4 is 11.8 Å². The number of nitrogens with two attached hydrogens (primary N) is 1. The number of likely N-dealkylation sites (tertiary alicyclic amines) is 1. The predicted octanol–water partition coefficient (Wildman–Crippen LogP) is -0.992. The molecule has 2 unspecified atom stereocenters. The summed E-state index contributed by atoms with van der Waals surface area (Å²) in [5.74, 6) is -0.725. The zero-order valence-electron chi connectivity index (χ0n) is 11.7. The van der Waals surface area contributed by atoms with Gasteiger partial charge in [-0.3, -0.25) is 14.6 Å². The second kappa shape index (κ2) is 7.14. The smallest absolute Gasteiger partial charge is 0.251 e. The van der Waals surface area contributed by atoms with Gasteiger partial charge in [0, 0.05) is 25.5 Å². The molecule has 1 aromatic heterocycles. The van der Waals surface area contributed by atoms with Crippen LogP contribution in [0.25, 0.3) is 0 Å². The van der Waals surface area contributed by atoms with Crippen molar-refractivity contribution in [3.8, 4) is 0 Å². The maximum atomic E-state index is 12.0. The molecule has 1 fully saturated rings. The van der Waals surface area contributed by atoms with Crippen molar-refractivity contribution in [2.24, 2.45) is 5.73 Å². The number of aliphatic hydroxyl groups excluding tert-OH is 1. The first-order valence-electron chi connectivity index (χ1n) is 6.97. The van der Waals surface area contributed by atoms with Crippen LogP contribution in [0.5, 0.6) is 0 Å². The number of carbonyl (C=O) groups excluding carboxylic acids is 2. The van der Waals surface area contributed by atoms with Crippen LogP contribution in [0.2, 0.25) is 0 Å². The number of nitrogens with zero attached hydrogens (tertiary/aromatic N) is 2. The summed E-state index contributed by atoms with van der Waals surface area (Å²) in [4.78, 5) is 29.1. The van der Waals surface area contributed by atoms with Crippen molar-refractivity contribution in [3.05, 3.63) is 30.1 Å². The van der Waals surface area contributed by atoms with Gasteiger partial charge in [0.25, 0.3) is 5.91 Å². The molecule has 0 spiro atoms. The second-order valence-electron chi connectivity index (χ2n) is 5.02. The summed E-state index contributed by atoms with van der Waals surface area (Å²) in [6.07, 6.45) is 3.43. The van der Waals surface area contributed by atoms with E-state index in [4.69, 9.17) is 5.73 Å². The number of hydrogen-bond donors (Lipinski definition) is 3. The molecule has 1 saturated heterocycles. The minimum absolute atomic E-state index is 0.111. The van der Waals surface area contributed by atoms with Crippen molar-refractivity contribution in [2.45, 2.75) is 31.5 Å². The van der Waals surface area contributed by atoms with E-state index in [2.05, 4.69) is 10.3 Å². The van der Waals surface area contributed by atoms with E-state index in [1.54, 1.807) is 18.5 Å². The van der Waals surface area contributed by atoms with E-state index in [1.165, 1.54) is 4.90 Å².